The van der Waals surface area contributed by atoms with Gasteiger partial charge in [0.15, 0.2) is 10.8 Å². The second-order valence-electron chi connectivity index (χ2n) is 3.61. The van der Waals surface area contributed by atoms with Crippen LogP contribution in [-0.4, -0.2) is 31.6 Å². The monoisotopic (exact) mass is 299 g/mol. The minimum Gasteiger partial charge on any atom is -0.375 e. The zero-order valence-corrected chi connectivity index (χ0v) is 11.8. The molecule has 0 saturated heterocycles. The first-order valence-electron chi connectivity index (χ1n) is 5.37. The summed E-state index contributed by atoms with van der Waals surface area (Å²) in [5.41, 5.74) is 8.77. The highest BCUT2D eigenvalue weighted by Crippen LogP contribution is 2.30. The van der Waals surface area contributed by atoms with E-state index in [-0.39, 0.29) is 5.69 Å². The number of hydrazine groups is 1. The van der Waals surface area contributed by atoms with Crippen LogP contribution in [0.3, 0.4) is 0 Å². The lowest BCUT2D eigenvalue weighted by Crippen LogP contribution is -2.30. The van der Waals surface area contributed by atoms with Crippen LogP contribution < -0.4 is 17.0 Å². The van der Waals surface area contributed by atoms with Crippen molar-refractivity contribution in [1.82, 2.24) is 25.4 Å². The molecule has 0 aliphatic heterocycles. The molecular formula is C9H13N7OS2. The molecule has 8 nitrogen and oxygen atoms in total. The van der Waals surface area contributed by atoms with Crippen LogP contribution in [0.1, 0.15) is 16.2 Å². The number of rotatable bonds is 5. The third-order valence-electron chi connectivity index (χ3n) is 2.23. The van der Waals surface area contributed by atoms with Crippen LogP contribution in [-0.2, 0) is 6.54 Å². The molecule has 2 aromatic rings. The first-order chi connectivity index (χ1) is 9.10. The highest BCUT2D eigenvalue weighted by Gasteiger charge is 2.09. The standard InChI is InChI=1S/C9H13N7OS2/c1-5-8(19-9(10)12-5)18-3-2-16-4-6(14-15-16)7(17)13-11/h4H,2-3,11H2,1H3,(H2,10,12)(H,13,17). The molecule has 0 aliphatic carbocycles. The lowest BCUT2D eigenvalue weighted by Gasteiger charge is -1.99. The molecule has 0 radical (unpaired) electrons. The molecule has 0 spiro atoms. The van der Waals surface area contributed by atoms with Crippen molar-refractivity contribution >= 4 is 34.1 Å². The smallest absolute Gasteiger partial charge is 0.287 e. The summed E-state index contributed by atoms with van der Waals surface area (Å²) in [7, 11) is 0. The minimum atomic E-state index is -0.454. The Labute approximate surface area is 117 Å². The molecule has 2 heterocycles. The van der Waals surface area contributed by atoms with Gasteiger partial charge in [0, 0.05) is 5.75 Å². The highest BCUT2D eigenvalue weighted by molar-refractivity contribution is 8.01. The maximum Gasteiger partial charge on any atom is 0.287 e. The van der Waals surface area contributed by atoms with Crippen molar-refractivity contribution in [3.8, 4) is 0 Å². The SMILES string of the molecule is Cc1nc(N)sc1SCCn1cc(C(=O)NN)nn1. The normalized spacial score (nSPS) is 10.6. The average Bonchev–Trinajstić information content (AvgIpc) is 2.96. The number of nitrogens with zero attached hydrogens (tertiary/aromatic N) is 4. The van der Waals surface area contributed by atoms with Crippen molar-refractivity contribution in [2.75, 3.05) is 11.5 Å². The lowest BCUT2D eigenvalue weighted by molar-refractivity contribution is 0.0948. The van der Waals surface area contributed by atoms with Gasteiger partial charge in [-0.3, -0.25) is 14.9 Å². The molecule has 2 aromatic heterocycles. The summed E-state index contributed by atoms with van der Waals surface area (Å²) in [6.45, 7) is 2.56. The van der Waals surface area contributed by atoms with Gasteiger partial charge in [0.25, 0.3) is 5.91 Å². The summed E-state index contributed by atoms with van der Waals surface area (Å²) < 4.78 is 2.69. The lowest BCUT2D eigenvalue weighted by atomic mass is 10.5. The Balaban J connectivity index is 1.87. The van der Waals surface area contributed by atoms with Crippen LogP contribution in [0.2, 0.25) is 0 Å². The second kappa shape index (κ2) is 5.99. The Kier molecular flexibility index (Phi) is 4.35. The van der Waals surface area contributed by atoms with E-state index in [0.29, 0.717) is 11.7 Å². The van der Waals surface area contributed by atoms with E-state index in [1.54, 1.807) is 22.6 Å². The number of carbonyl (C=O) groups is 1. The number of thiazole rings is 1. The van der Waals surface area contributed by atoms with Crippen molar-refractivity contribution in [1.29, 1.82) is 0 Å². The molecule has 0 atom stereocenters. The van der Waals surface area contributed by atoms with Gasteiger partial charge >= 0.3 is 0 Å². The van der Waals surface area contributed by atoms with Crippen LogP contribution >= 0.6 is 23.1 Å². The van der Waals surface area contributed by atoms with Crippen molar-refractivity contribution in [2.45, 2.75) is 17.7 Å². The Morgan fingerprint density at radius 3 is 3.05 bits per heavy atom. The van der Waals surface area contributed by atoms with E-state index in [4.69, 9.17) is 11.6 Å². The summed E-state index contributed by atoms with van der Waals surface area (Å²) in [4.78, 5) is 15.3. The number of hydrogen-bond donors (Lipinski definition) is 3. The van der Waals surface area contributed by atoms with E-state index < -0.39 is 5.91 Å². The predicted molar refractivity (Wildman–Crippen MR) is 73.7 cm³/mol. The highest BCUT2D eigenvalue weighted by atomic mass is 32.2. The number of nitrogens with two attached hydrogens (primary N) is 2. The Morgan fingerprint density at radius 1 is 1.63 bits per heavy atom. The van der Waals surface area contributed by atoms with Crippen LogP contribution in [0.15, 0.2) is 10.4 Å². The maximum atomic E-state index is 11.2. The molecule has 19 heavy (non-hydrogen) atoms. The van der Waals surface area contributed by atoms with E-state index in [9.17, 15) is 4.79 Å². The number of amides is 1. The van der Waals surface area contributed by atoms with Gasteiger partial charge in [-0.1, -0.05) is 16.6 Å². The summed E-state index contributed by atoms with van der Waals surface area (Å²) in [6.07, 6.45) is 1.55. The number of aryl methyl sites for hydroxylation is 2. The summed E-state index contributed by atoms with van der Waals surface area (Å²) in [5.74, 6) is 5.34. The molecule has 0 fully saturated rings. The molecule has 5 N–H and O–H groups in total. The van der Waals surface area contributed by atoms with Crippen molar-refractivity contribution in [2.24, 2.45) is 5.84 Å². The molecule has 0 saturated carbocycles. The van der Waals surface area contributed by atoms with Gasteiger partial charge < -0.3 is 5.73 Å². The number of aromatic nitrogens is 4. The topological polar surface area (TPSA) is 125 Å². The zero-order chi connectivity index (χ0) is 13.8. The van der Waals surface area contributed by atoms with E-state index in [1.165, 1.54) is 11.3 Å². The van der Waals surface area contributed by atoms with E-state index >= 15 is 0 Å². The summed E-state index contributed by atoms with van der Waals surface area (Å²) in [5, 5.41) is 8.13. The quantitative estimate of drug-likeness (QED) is 0.307. The number of nitrogen functional groups attached to an aromatic ring is 2. The molecule has 0 aromatic carbocycles. The van der Waals surface area contributed by atoms with Gasteiger partial charge in [0.2, 0.25) is 0 Å². The molecule has 2 rings (SSSR count). The molecule has 102 valence electrons. The number of hydrogen-bond acceptors (Lipinski definition) is 8. The Hall–Kier alpha value is -1.65. The number of anilines is 1. The molecule has 10 heteroatoms. The van der Waals surface area contributed by atoms with Crippen LogP contribution in [0, 0.1) is 6.92 Å². The third-order valence-corrected chi connectivity index (χ3v) is 4.56. The van der Waals surface area contributed by atoms with E-state index in [2.05, 4.69) is 15.3 Å². The first-order valence-corrected chi connectivity index (χ1v) is 7.17. The zero-order valence-electron chi connectivity index (χ0n) is 10.2. The summed E-state index contributed by atoms with van der Waals surface area (Å²) >= 11 is 3.12. The van der Waals surface area contributed by atoms with Gasteiger partial charge in [-0.2, -0.15) is 0 Å². The van der Waals surface area contributed by atoms with Gasteiger partial charge in [-0.25, -0.2) is 10.8 Å². The van der Waals surface area contributed by atoms with Gasteiger partial charge in [0.1, 0.15) is 0 Å². The van der Waals surface area contributed by atoms with Crippen LogP contribution in [0.5, 0.6) is 0 Å². The average molecular weight is 299 g/mol. The number of nitrogens with one attached hydrogen (secondary N) is 1. The first kappa shape index (κ1) is 13.8. The van der Waals surface area contributed by atoms with Gasteiger partial charge in [0.05, 0.1) is 22.6 Å². The van der Waals surface area contributed by atoms with E-state index in [0.717, 1.165) is 15.7 Å². The fraction of sp³-hybridized carbons (Fsp3) is 0.333. The van der Waals surface area contributed by atoms with Crippen LogP contribution in [0.4, 0.5) is 5.13 Å². The fourth-order valence-electron chi connectivity index (χ4n) is 1.35. The Bertz CT molecular complexity index is 579. The van der Waals surface area contributed by atoms with Crippen LogP contribution in [0.25, 0.3) is 0 Å². The largest absolute Gasteiger partial charge is 0.375 e. The minimum absolute atomic E-state index is 0.200. The van der Waals surface area contributed by atoms with E-state index in [1.807, 2.05) is 12.3 Å². The fourth-order valence-corrected chi connectivity index (χ4v) is 3.38. The maximum absolute atomic E-state index is 11.2. The Morgan fingerprint density at radius 2 is 2.42 bits per heavy atom. The van der Waals surface area contributed by atoms with Crippen molar-refractivity contribution in [3.05, 3.63) is 17.6 Å². The molecule has 1 amide bonds. The number of thioether (sulfide) groups is 1. The van der Waals surface area contributed by atoms with Gasteiger partial charge in [-0.05, 0) is 6.92 Å². The summed E-state index contributed by atoms with van der Waals surface area (Å²) in [6, 6.07) is 0. The number of carbonyl (C=O) groups excluding carboxylic acids is 1. The second-order valence-corrected chi connectivity index (χ2v) is 6.01. The molecule has 0 unspecified atom stereocenters. The molecule has 0 aliphatic rings. The van der Waals surface area contributed by atoms with Crippen molar-refractivity contribution in [3.63, 3.8) is 0 Å². The van der Waals surface area contributed by atoms with Gasteiger partial charge in [-0.15, -0.1) is 16.9 Å². The third kappa shape index (κ3) is 3.43. The molecule has 0 bridgehead atoms. The predicted octanol–water partition coefficient (Wildman–Crippen LogP) is 0.0210. The molecular weight excluding hydrogens is 286 g/mol. The van der Waals surface area contributed by atoms with Crippen molar-refractivity contribution < 1.29 is 4.79 Å².